The van der Waals surface area contributed by atoms with E-state index in [9.17, 15) is 0 Å². The van der Waals surface area contributed by atoms with Gasteiger partial charge < -0.3 is 4.90 Å². The van der Waals surface area contributed by atoms with Gasteiger partial charge in [0.25, 0.3) is 0 Å². The summed E-state index contributed by atoms with van der Waals surface area (Å²) in [6.07, 6.45) is 10.6. The first kappa shape index (κ1) is 12.7. The summed E-state index contributed by atoms with van der Waals surface area (Å²) >= 11 is 0. The maximum atomic E-state index is 3.92. The third kappa shape index (κ3) is 2.56. The van der Waals surface area contributed by atoms with E-state index in [-0.39, 0.29) is 5.41 Å². The van der Waals surface area contributed by atoms with Crippen LogP contribution in [0.2, 0.25) is 0 Å². The van der Waals surface area contributed by atoms with Crippen molar-refractivity contribution in [3.8, 4) is 0 Å². The molecule has 0 aliphatic carbocycles. The summed E-state index contributed by atoms with van der Waals surface area (Å²) in [4.78, 5) is 2.30. The number of nitrogens with zero attached hydrogens (tertiary/aromatic N) is 1. The van der Waals surface area contributed by atoms with Gasteiger partial charge in [0.2, 0.25) is 0 Å². The van der Waals surface area contributed by atoms with Gasteiger partial charge in [-0.25, -0.2) is 0 Å². The molecule has 1 aliphatic rings. The van der Waals surface area contributed by atoms with Gasteiger partial charge in [-0.1, -0.05) is 48.6 Å². The molecular formula is C17H21N. The van der Waals surface area contributed by atoms with Gasteiger partial charge in [0.1, 0.15) is 0 Å². The molecule has 0 fully saturated rings. The van der Waals surface area contributed by atoms with Crippen LogP contribution in [0.1, 0.15) is 18.4 Å². The molecule has 0 saturated carbocycles. The summed E-state index contributed by atoms with van der Waals surface area (Å²) in [5.74, 6) is 0. The Balaban J connectivity index is 2.27. The minimum Gasteiger partial charge on any atom is -0.374 e. The lowest BCUT2D eigenvalue weighted by atomic mass is 9.73. The number of hydrogen-bond acceptors (Lipinski definition) is 1. The Labute approximate surface area is 110 Å². The average molecular weight is 239 g/mol. The molecule has 0 spiro atoms. The predicted octanol–water partition coefficient (Wildman–Crippen LogP) is 3.91. The lowest BCUT2D eigenvalue weighted by molar-refractivity contribution is 0.322. The van der Waals surface area contributed by atoms with Crippen molar-refractivity contribution in [1.29, 1.82) is 0 Å². The molecule has 0 N–H and O–H groups in total. The second kappa shape index (κ2) is 5.72. The first-order chi connectivity index (χ1) is 8.80. The van der Waals surface area contributed by atoms with Crippen LogP contribution in [0.5, 0.6) is 0 Å². The molecule has 0 bridgehead atoms. The number of hydrogen-bond donors (Lipinski definition) is 0. The topological polar surface area (TPSA) is 3.24 Å². The molecule has 0 saturated heterocycles. The van der Waals surface area contributed by atoms with Crippen LogP contribution < -0.4 is 0 Å². The monoisotopic (exact) mass is 239 g/mol. The zero-order valence-electron chi connectivity index (χ0n) is 10.9. The molecule has 1 nitrogen and oxygen atoms in total. The van der Waals surface area contributed by atoms with Gasteiger partial charge in [0.15, 0.2) is 0 Å². The highest BCUT2D eigenvalue weighted by molar-refractivity contribution is 5.33. The van der Waals surface area contributed by atoms with E-state index in [1.54, 1.807) is 0 Å². The molecule has 1 heteroatoms. The number of allylic oxidation sites excluding steroid dienone is 2. The molecule has 1 heterocycles. The molecule has 1 aromatic carbocycles. The Morgan fingerprint density at radius 1 is 1.17 bits per heavy atom. The Bertz CT molecular complexity index is 432. The molecule has 1 unspecified atom stereocenters. The maximum Gasteiger partial charge on any atom is 0.0351 e. The van der Waals surface area contributed by atoms with E-state index in [0.29, 0.717) is 0 Å². The minimum absolute atomic E-state index is 0.126. The number of benzene rings is 1. The van der Waals surface area contributed by atoms with Crippen LogP contribution in [0.15, 0.2) is 67.9 Å². The molecule has 1 aromatic rings. The summed E-state index contributed by atoms with van der Waals surface area (Å²) < 4.78 is 0. The van der Waals surface area contributed by atoms with E-state index in [0.717, 1.165) is 25.9 Å². The number of rotatable bonds is 5. The first-order valence-corrected chi connectivity index (χ1v) is 6.51. The molecule has 1 atom stereocenters. The fourth-order valence-corrected chi connectivity index (χ4v) is 2.62. The highest BCUT2D eigenvalue weighted by Crippen LogP contribution is 2.36. The summed E-state index contributed by atoms with van der Waals surface area (Å²) in [5.41, 5.74) is 1.51. The van der Waals surface area contributed by atoms with E-state index in [1.807, 2.05) is 12.2 Å². The Kier molecular flexibility index (Phi) is 4.03. The van der Waals surface area contributed by atoms with Gasteiger partial charge in [0, 0.05) is 18.5 Å². The molecule has 1 aliphatic heterocycles. The maximum absolute atomic E-state index is 3.92. The smallest absolute Gasteiger partial charge is 0.0351 e. The van der Waals surface area contributed by atoms with E-state index in [4.69, 9.17) is 0 Å². The summed E-state index contributed by atoms with van der Waals surface area (Å²) in [5, 5.41) is 0. The largest absolute Gasteiger partial charge is 0.374 e. The van der Waals surface area contributed by atoms with Gasteiger partial charge in [-0.2, -0.15) is 0 Å². The fourth-order valence-electron chi connectivity index (χ4n) is 2.62. The van der Waals surface area contributed by atoms with Crippen LogP contribution in [0.25, 0.3) is 0 Å². The van der Waals surface area contributed by atoms with Crippen LogP contribution in [0.3, 0.4) is 0 Å². The van der Waals surface area contributed by atoms with Crippen LogP contribution in [-0.2, 0) is 5.41 Å². The van der Waals surface area contributed by atoms with E-state index < -0.39 is 0 Å². The zero-order chi connectivity index (χ0) is 12.8. The second-order valence-electron chi connectivity index (χ2n) is 4.86. The van der Waals surface area contributed by atoms with Gasteiger partial charge in [0.05, 0.1) is 0 Å². The fraction of sp³-hybridized carbons (Fsp3) is 0.294. The van der Waals surface area contributed by atoms with Crippen molar-refractivity contribution in [1.82, 2.24) is 4.90 Å². The first-order valence-electron chi connectivity index (χ1n) is 6.51. The van der Waals surface area contributed by atoms with Gasteiger partial charge in [-0.05, 0) is 24.6 Å². The van der Waals surface area contributed by atoms with Gasteiger partial charge in [-0.3, -0.25) is 0 Å². The Hall–Kier alpha value is -1.76. The summed E-state index contributed by atoms with van der Waals surface area (Å²) in [6.45, 7) is 9.71. The SMILES string of the molecule is C=CCN1C=CC(CC=C)(c2ccccc2)CC1. The Morgan fingerprint density at radius 3 is 2.50 bits per heavy atom. The third-order valence-electron chi connectivity index (χ3n) is 3.67. The van der Waals surface area contributed by atoms with Crippen molar-refractivity contribution in [2.24, 2.45) is 0 Å². The second-order valence-corrected chi connectivity index (χ2v) is 4.86. The van der Waals surface area contributed by atoms with Gasteiger partial charge >= 0.3 is 0 Å². The van der Waals surface area contributed by atoms with Crippen LogP contribution >= 0.6 is 0 Å². The van der Waals surface area contributed by atoms with Crippen LogP contribution in [0, 0.1) is 0 Å². The molecular weight excluding hydrogens is 218 g/mol. The summed E-state index contributed by atoms with van der Waals surface area (Å²) in [7, 11) is 0. The standard InChI is InChI=1S/C17H21N/c1-3-10-17(16-8-6-5-7-9-16)11-14-18(13-4-2)15-12-17/h3-9,11,14H,1-2,10,12-13,15H2. The highest BCUT2D eigenvalue weighted by Gasteiger charge is 2.30. The van der Waals surface area contributed by atoms with Crippen molar-refractivity contribution >= 4 is 0 Å². The lowest BCUT2D eigenvalue weighted by Gasteiger charge is -2.37. The molecule has 0 aromatic heterocycles. The Morgan fingerprint density at radius 2 is 1.94 bits per heavy atom. The average Bonchev–Trinajstić information content (AvgIpc) is 2.43. The van der Waals surface area contributed by atoms with E-state index in [2.05, 4.69) is 60.7 Å². The van der Waals surface area contributed by atoms with Crippen molar-refractivity contribution in [2.75, 3.05) is 13.1 Å². The molecule has 0 radical (unpaired) electrons. The quantitative estimate of drug-likeness (QED) is 0.704. The van der Waals surface area contributed by atoms with Gasteiger partial charge in [-0.15, -0.1) is 13.2 Å². The third-order valence-corrected chi connectivity index (χ3v) is 3.67. The van der Waals surface area contributed by atoms with Crippen molar-refractivity contribution in [3.63, 3.8) is 0 Å². The van der Waals surface area contributed by atoms with E-state index >= 15 is 0 Å². The highest BCUT2D eigenvalue weighted by atomic mass is 15.1. The predicted molar refractivity (Wildman–Crippen MR) is 78.5 cm³/mol. The molecule has 0 amide bonds. The zero-order valence-corrected chi connectivity index (χ0v) is 10.9. The summed E-state index contributed by atoms with van der Waals surface area (Å²) in [6, 6.07) is 10.7. The minimum atomic E-state index is 0.126. The van der Waals surface area contributed by atoms with E-state index in [1.165, 1.54) is 5.56 Å². The van der Waals surface area contributed by atoms with Crippen molar-refractivity contribution in [3.05, 3.63) is 73.5 Å². The van der Waals surface area contributed by atoms with Crippen molar-refractivity contribution in [2.45, 2.75) is 18.3 Å². The normalized spacial score (nSPS) is 22.8. The molecule has 18 heavy (non-hydrogen) atoms. The molecule has 94 valence electrons. The molecule has 2 rings (SSSR count). The van der Waals surface area contributed by atoms with Crippen LogP contribution in [0.4, 0.5) is 0 Å². The van der Waals surface area contributed by atoms with Crippen molar-refractivity contribution < 1.29 is 0 Å². The van der Waals surface area contributed by atoms with Crippen LogP contribution in [-0.4, -0.2) is 18.0 Å². The lowest BCUT2D eigenvalue weighted by Crippen LogP contribution is -2.34.